The number of aromatic hydroxyl groups is 1. The summed E-state index contributed by atoms with van der Waals surface area (Å²) in [4.78, 5) is 2.50. The van der Waals surface area contributed by atoms with Crippen molar-refractivity contribution < 1.29 is 9.84 Å². The highest BCUT2D eigenvalue weighted by Crippen LogP contribution is 2.58. The molecular weight excluding hydrogens is 316 g/mol. The van der Waals surface area contributed by atoms with Gasteiger partial charge in [0.05, 0.1) is 7.11 Å². The molecule has 3 aliphatic rings. The number of rotatable bonds is 2. The lowest BCUT2D eigenvalue weighted by molar-refractivity contribution is 0.00218. The van der Waals surface area contributed by atoms with E-state index < -0.39 is 0 Å². The van der Waals surface area contributed by atoms with Crippen molar-refractivity contribution in [3.8, 4) is 11.5 Å². The van der Waals surface area contributed by atoms with Gasteiger partial charge in [-0.2, -0.15) is 0 Å². The molecule has 2 aliphatic carbocycles. The second-order valence-electron chi connectivity index (χ2n) is 7.88. The van der Waals surface area contributed by atoms with E-state index in [2.05, 4.69) is 17.3 Å². The van der Waals surface area contributed by atoms with Gasteiger partial charge in [-0.05, 0) is 56.8 Å². The molecule has 1 aliphatic heterocycles. The highest BCUT2D eigenvalue weighted by atomic mass is 16.5. The molecule has 1 aromatic carbocycles. The zero-order chi connectivity index (χ0) is 17.8. The monoisotopic (exact) mass is 344 g/mol. The van der Waals surface area contributed by atoms with E-state index in [-0.39, 0.29) is 17.1 Å². The van der Waals surface area contributed by atoms with Crippen LogP contribution in [0.15, 0.2) is 6.07 Å². The van der Waals surface area contributed by atoms with Crippen molar-refractivity contribution in [3.63, 3.8) is 0 Å². The first kappa shape index (κ1) is 16.5. The summed E-state index contributed by atoms with van der Waals surface area (Å²) in [5, 5.41) is 21.0. The summed E-state index contributed by atoms with van der Waals surface area (Å²) in [6, 6.07) is 2.44. The predicted molar refractivity (Wildman–Crippen MR) is 98.6 cm³/mol. The summed E-state index contributed by atoms with van der Waals surface area (Å²) >= 11 is 0. The van der Waals surface area contributed by atoms with Crippen molar-refractivity contribution in [3.05, 3.63) is 17.2 Å². The Morgan fingerprint density at radius 2 is 2.24 bits per heavy atom. The lowest BCUT2D eigenvalue weighted by Gasteiger charge is -2.58. The number of likely N-dealkylation sites (tertiary alicyclic amines) is 1. The maximum absolute atomic E-state index is 10.7. The second-order valence-corrected chi connectivity index (χ2v) is 7.88. The van der Waals surface area contributed by atoms with E-state index in [4.69, 9.17) is 15.9 Å². The lowest BCUT2D eigenvalue weighted by Crippen LogP contribution is -2.59. The van der Waals surface area contributed by atoms with E-state index in [9.17, 15) is 5.11 Å². The number of phenols is 1. The van der Waals surface area contributed by atoms with Crippen LogP contribution in [0.1, 0.15) is 43.2 Å². The van der Waals surface area contributed by atoms with Crippen LogP contribution < -0.4 is 15.8 Å². The lowest BCUT2D eigenvalue weighted by atomic mass is 9.52. The van der Waals surface area contributed by atoms with Gasteiger partial charge < -0.3 is 25.8 Å². The molecule has 5 N–H and O–H groups in total. The average Bonchev–Trinajstić information content (AvgIpc) is 2.59. The molecule has 0 unspecified atom stereocenters. The number of hydrogen-bond donors (Lipinski definition) is 4. The Morgan fingerprint density at radius 3 is 2.96 bits per heavy atom. The Labute approximate surface area is 148 Å². The van der Waals surface area contributed by atoms with E-state index in [1.54, 1.807) is 7.11 Å². The fraction of sp³-hybridized carbons (Fsp3) is 0.632. The van der Waals surface area contributed by atoms with Gasteiger partial charge in [0.1, 0.15) is 17.2 Å². The standard InChI is InChI=1S/C19H28N4O2/c1-23-8-7-19-6-4-3-5-12(19)14(23)9-11-13(19)10-15(24)16(17(11)25-2)22-18(20)21/h10,12,14,24H,3-9H2,1-2H3,(H4,20,21,22)/t12-,14+,19+/m0/s1. The Morgan fingerprint density at radius 1 is 1.44 bits per heavy atom. The van der Waals surface area contributed by atoms with Crippen LogP contribution >= 0.6 is 0 Å². The number of methoxy groups -OCH3 is 1. The minimum Gasteiger partial charge on any atom is -0.506 e. The Kier molecular flexibility index (Phi) is 3.83. The molecule has 1 aromatic rings. The van der Waals surface area contributed by atoms with Crippen molar-refractivity contribution in [1.82, 2.24) is 4.90 Å². The van der Waals surface area contributed by atoms with Gasteiger partial charge in [-0.25, -0.2) is 0 Å². The fourth-order valence-corrected chi connectivity index (χ4v) is 5.78. The molecule has 3 atom stereocenters. The number of hydrogen-bond acceptors (Lipinski definition) is 4. The molecule has 2 fully saturated rings. The molecule has 6 nitrogen and oxygen atoms in total. The van der Waals surface area contributed by atoms with E-state index in [1.807, 2.05) is 6.07 Å². The maximum Gasteiger partial charge on any atom is 0.190 e. The van der Waals surface area contributed by atoms with Crippen LogP contribution in [0.5, 0.6) is 11.5 Å². The number of nitrogens with two attached hydrogens (primary N) is 1. The number of nitrogens with zero attached hydrogens (tertiary/aromatic N) is 1. The number of piperidine rings is 1. The Balaban J connectivity index is 1.93. The van der Waals surface area contributed by atoms with Crippen molar-refractivity contribution in [2.24, 2.45) is 11.7 Å². The van der Waals surface area contributed by atoms with E-state index in [1.165, 1.54) is 36.8 Å². The van der Waals surface area contributed by atoms with E-state index >= 15 is 0 Å². The molecule has 0 aromatic heterocycles. The second kappa shape index (κ2) is 5.80. The van der Waals surface area contributed by atoms with E-state index in [0.717, 1.165) is 19.4 Å². The van der Waals surface area contributed by atoms with Gasteiger partial charge in [0, 0.05) is 17.0 Å². The third kappa shape index (κ3) is 2.30. The van der Waals surface area contributed by atoms with Crippen LogP contribution in [0, 0.1) is 11.3 Å². The topological polar surface area (TPSA) is 94.6 Å². The summed E-state index contributed by atoms with van der Waals surface area (Å²) in [5.74, 6) is 1.23. The average molecular weight is 344 g/mol. The number of phenolic OH excluding ortho intramolecular Hbond substituents is 1. The highest BCUT2D eigenvalue weighted by Gasteiger charge is 2.54. The van der Waals surface area contributed by atoms with Crippen LogP contribution in [-0.2, 0) is 11.8 Å². The summed E-state index contributed by atoms with van der Waals surface area (Å²) in [5.41, 5.74) is 8.53. The van der Waals surface area contributed by atoms with Crippen LogP contribution in [-0.4, -0.2) is 42.7 Å². The Bertz CT molecular complexity index is 720. The number of ether oxygens (including phenoxy) is 1. The quantitative estimate of drug-likeness (QED) is 0.375. The van der Waals surface area contributed by atoms with Crippen LogP contribution in [0.3, 0.4) is 0 Å². The fourth-order valence-electron chi connectivity index (χ4n) is 5.78. The first-order valence-corrected chi connectivity index (χ1v) is 9.22. The zero-order valence-corrected chi connectivity index (χ0v) is 15.1. The van der Waals surface area contributed by atoms with Gasteiger partial charge in [-0.15, -0.1) is 0 Å². The van der Waals surface area contributed by atoms with Gasteiger partial charge in [-0.1, -0.05) is 12.8 Å². The summed E-state index contributed by atoms with van der Waals surface area (Å²) in [7, 11) is 3.86. The third-order valence-electron chi connectivity index (χ3n) is 6.82. The van der Waals surface area contributed by atoms with Crippen molar-refractivity contribution in [2.45, 2.75) is 50.0 Å². The summed E-state index contributed by atoms with van der Waals surface area (Å²) < 4.78 is 5.71. The summed E-state index contributed by atoms with van der Waals surface area (Å²) in [6.45, 7) is 1.11. The van der Waals surface area contributed by atoms with Crippen molar-refractivity contribution in [1.29, 1.82) is 5.41 Å². The SMILES string of the molecule is COc1c2c(cc(O)c1NC(=N)N)[C@@]13CCCC[C@H]1[C@@H](C2)N(C)CC3. The number of benzene rings is 1. The number of guanidine groups is 1. The highest BCUT2D eigenvalue weighted by molar-refractivity contribution is 5.94. The first-order chi connectivity index (χ1) is 12.0. The third-order valence-corrected chi connectivity index (χ3v) is 6.82. The Hall–Kier alpha value is -1.95. The van der Waals surface area contributed by atoms with Crippen molar-refractivity contribution >= 4 is 11.6 Å². The number of likely N-dealkylation sites (N-methyl/N-ethyl adjacent to an activating group) is 1. The smallest absolute Gasteiger partial charge is 0.190 e. The van der Waals surface area contributed by atoms with Crippen molar-refractivity contribution in [2.75, 3.05) is 26.0 Å². The number of nitrogens with one attached hydrogen (secondary N) is 2. The number of fused-ring (bicyclic) bond motifs is 1. The maximum atomic E-state index is 10.7. The molecule has 4 rings (SSSR count). The predicted octanol–water partition coefficient (Wildman–Crippen LogP) is 2.39. The zero-order valence-electron chi connectivity index (χ0n) is 15.1. The largest absolute Gasteiger partial charge is 0.506 e. The van der Waals surface area contributed by atoms with Gasteiger partial charge in [-0.3, -0.25) is 5.41 Å². The minimum absolute atomic E-state index is 0.127. The molecule has 1 saturated heterocycles. The number of anilines is 1. The van der Waals surface area contributed by atoms with Gasteiger partial charge in [0.2, 0.25) is 0 Å². The molecule has 25 heavy (non-hydrogen) atoms. The van der Waals surface area contributed by atoms with Crippen LogP contribution in [0.25, 0.3) is 0 Å². The molecule has 0 amide bonds. The van der Waals surface area contributed by atoms with Crippen LogP contribution in [0.2, 0.25) is 0 Å². The molecule has 0 radical (unpaired) electrons. The van der Waals surface area contributed by atoms with Gasteiger partial charge >= 0.3 is 0 Å². The molecule has 0 spiro atoms. The summed E-state index contributed by atoms with van der Waals surface area (Å²) in [6.07, 6.45) is 7.08. The normalized spacial score (nSPS) is 31.0. The molecule has 2 bridgehead atoms. The first-order valence-electron chi connectivity index (χ1n) is 9.22. The molecule has 1 saturated carbocycles. The van der Waals surface area contributed by atoms with Gasteiger partial charge in [0.15, 0.2) is 5.96 Å². The molecule has 136 valence electrons. The van der Waals surface area contributed by atoms with Gasteiger partial charge in [0.25, 0.3) is 0 Å². The molecular formula is C19H28N4O2. The van der Waals surface area contributed by atoms with E-state index in [0.29, 0.717) is 23.4 Å². The molecule has 6 heteroatoms. The van der Waals surface area contributed by atoms with Crippen LogP contribution in [0.4, 0.5) is 5.69 Å². The minimum atomic E-state index is -0.199. The molecule has 1 heterocycles.